The first-order chi connectivity index (χ1) is 12.4. The second kappa shape index (κ2) is 7.64. The van der Waals surface area contributed by atoms with E-state index in [0.29, 0.717) is 21.6 Å². The number of hydrogen-bond acceptors (Lipinski definition) is 4. The number of carbonyl (C=O) groups excluding carboxylic acids is 1. The smallest absolute Gasteiger partial charge is 0.275 e. The van der Waals surface area contributed by atoms with Crippen LogP contribution in [-0.2, 0) is 0 Å². The molecule has 0 bridgehead atoms. The fraction of sp³-hybridized carbons (Fsp3) is 0.0526. The van der Waals surface area contributed by atoms with Crippen molar-refractivity contribution < 1.29 is 14.3 Å². The molecule has 0 saturated carbocycles. The van der Waals surface area contributed by atoms with E-state index in [1.54, 1.807) is 12.1 Å². The fourth-order valence-corrected chi connectivity index (χ4v) is 2.58. The highest BCUT2D eigenvalue weighted by Gasteiger charge is 2.11. The summed E-state index contributed by atoms with van der Waals surface area (Å²) in [5.41, 5.74) is 4.17. The second-order valence-corrected chi connectivity index (χ2v) is 6.37. The number of phenolic OH excluding ortho intramolecular Hbond substituents is 1. The Labute approximate surface area is 159 Å². The minimum atomic E-state index is -0.585. The minimum absolute atomic E-state index is 0.0316. The van der Waals surface area contributed by atoms with Crippen LogP contribution in [0.1, 0.15) is 21.7 Å². The van der Waals surface area contributed by atoms with Crippen LogP contribution in [0.4, 0.5) is 0 Å². The van der Waals surface area contributed by atoms with Crippen LogP contribution in [-0.4, -0.2) is 17.2 Å². The highest BCUT2D eigenvalue weighted by Crippen LogP contribution is 2.26. The van der Waals surface area contributed by atoms with Crippen LogP contribution in [0.15, 0.2) is 58.0 Å². The van der Waals surface area contributed by atoms with E-state index in [1.165, 1.54) is 24.4 Å². The van der Waals surface area contributed by atoms with E-state index in [-0.39, 0.29) is 11.3 Å². The summed E-state index contributed by atoms with van der Waals surface area (Å²) in [5.74, 6) is 0.316. The molecule has 2 N–H and O–H groups in total. The van der Waals surface area contributed by atoms with E-state index in [1.807, 2.05) is 25.1 Å². The van der Waals surface area contributed by atoms with Gasteiger partial charge in [-0.1, -0.05) is 35.3 Å². The van der Waals surface area contributed by atoms with Gasteiger partial charge in [0.1, 0.15) is 17.3 Å². The summed E-state index contributed by atoms with van der Waals surface area (Å²) in [6, 6.07) is 13.3. The average molecular weight is 389 g/mol. The van der Waals surface area contributed by atoms with Gasteiger partial charge in [0, 0.05) is 15.6 Å². The number of nitrogens with zero attached hydrogens (tertiary/aromatic N) is 1. The molecule has 132 valence electrons. The van der Waals surface area contributed by atoms with Crippen molar-refractivity contribution in [2.24, 2.45) is 5.10 Å². The molecule has 0 aliphatic carbocycles. The van der Waals surface area contributed by atoms with Gasteiger partial charge in [-0.25, -0.2) is 5.43 Å². The molecule has 0 unspecified atom stereocenters. The van der Waals surface area contributed by atoms with Crippen LogP contribution >= 0.6 is 23.2 Å². The molecule has 0 saturated heterocycles. The largest absolute Gasteiger partial charge is 0.507 e. The number of aromatic hydroxyl groups is 1. The van der Waals surface area contributed by atoms with Gasteiger partial charge in [0.05, 0.1) is 11.8 Å². The lowest BCUT2D eigenvalue weighted by atomic mass is 10.1. The minimum Gasteiger partial charge on any atom is -0.507 e. The number of carbonyl (C=O) groups is 1. The second-order valence-electron chi connectivity index (χ2n) is 5.53. The molecular formula is C19H14Cl2N2O3. The maximum absolute atomic E-state index is 12.0. The number of amides is 1. The SMILES string of the molecule is Cc1ccc(-c2ccc(C=NNC(=O)c3cc(Cl)ccc3O)o2)cc1Cl. The molecule has 0 fully saturated rings. The Bertz CT molecular complexity index is 996. The number of rotatable bonds is 4. The molecule has 1 aromatic heterocycles. The van der Waals surface area contributed by atoms with Gasteiger partial charge in [-0.05, 0) is 48.9 Å². The van der Waals surface area contributed by atoms with E-state index < -0.39 is 5.91 Å². The third-order valence-electron chi connectivity index (χ3n) is 3.64. The van der Waals surface area contributed by atoms with Crippen molar-refractivity contribution in [2.75, 3.05) is 0 Å². The molecule has 0 aliphatic rings. The number of benzene rings is 2. The molecule has 1 amide bonds. The zero-order valence-electron chi connectivity index (χ0n) is 13.7. The van der Waals surface area contributed by atoms with Crippen LogP contribution in [0, 0.1) is 6.92 Å². The third kappa shape index (κ3) is 4.07. The molecule has 3 aromatic rings. The molecule has 26 heavy (non-hydrogen) atoms. The van der Waals surface area contributed by atoms with E-state index >= 15 is 0 Å². The van der Waals surface area contributed by atoms with E-state index in [0.717, 1.165) is 11.1 Å². The zero-order valence-corrected chi connectivity index (χ0v) is 15.2. The molecule has 0 spiro atoms. The summed E-state index contributed by atoms with van der Waals surface area (Å²) in [5, 5.41) is 14.5. The van der Waals surface area contributed by atoms with Crippen LogP contribution in [0.25, 0.3) is 11.3 Å². The molecule has 0 atom stereocenters. The maximum Gasteiger partial charge on any atom is 0.275 e. The first kappa shape index (κ1) is 18.0. The van der Waals surface area contributed by atoms with Crippen LogP contribution in [0.2, 0.25) is 10.0 Å². The van der Waals surface area contributed by atoms with E-state index in [4.69, 9.17) is 27.6 Å². The van der Waals surface area contributed by atoms with Gasteiger partial charge in [0.15, 0.2) is 0 Å². The van der Waals surface area contributed by atoms with Crippen molar-refractivity contribution in [1.82, 2.24) is 5.43 Å². The Morgan fingerprint density at radius 2 is 1.96 bits per heavy atom. The summed E-state index contributed by atoms with van der Waals surface area (Å²) >= 11 is 11.9. The lowest BCUT2D eigenvalue weighted by molar-refractivity contribution is 0.0952. The van der Waals surface area contributed by atoms with Crippen molar-refractivity contribution in [2.45, 2.75) is 6.92 Å². The van der Waals surface area contributed by atoms with Gasteiger partial charge in [0.2, 0.25) is 0 Å². The Kier molecular flexibility index (Phi) is 5.30. The maximum atomic E-state index is 12.0. The summed E-state index contributed by atoms with van der Waals surface area (Å²) in [6.07, 6.45) is 1.36. The molecule has 0 aliphatic heterocycles. The number of halogens is 2. The Hall–Kier alpha value is -2.76. The van der Waals surface area contributed by atoms with E-state index in [2.05, 4.69) is 10.5 Å². The molecular weight excluding hydrogens is 375 g/mol. The van der Waals surface area contributed by atoms with Gasteiger partial charge >= 0.3 is 0 Å². The molecule has 3 rings (SSSR count). The van der Waals surface area contributed by atoms with Crippen LogP contribution in [0.5, 0.6) is 5.75 Å². The molecule has 2 aromatic carbocycles. The first-order valence-corrected chi connectivity index (χ1v) is 8.38. The average Bonchev–Trinajstić information content (AvgIpc) is 3.08. The number of phenols is 1. The first-order valence-electron chi connectivity index (χ1n) is 7.62. The lowest BCUT2D eigenvalue weighted by Crippen LogP contribution is -2.17. The van der Waals surface area contributed by atoms with E-state index in [9.17, 15) is 9.90 Å². The number of furan rings is 1. The van der Waals surface area contributed by atoms with Crippen molar-refractivity contribution in [3.05, 3.63) is 75.5 Å². The summed E-state index contributed by atoms with van der Waals surface area (Å²) in [7, 11) is 0. The van der Waals surface area contributed by atoms with Gasteiger partial charge in [-0.15, -0.1) is 0 Å². The Morgan fingerprint density at radius 3 is 2.73 bits per heavy atom. The summed E-state index contributed by atoms with van der Waals surface area (Å²) in [4.78, 5) is 12.0. The number of hydrogen-bond donors (Lipinski definition) is 2. The van der Waals surface area contributed by atoms with Crippen molar-refractivity contribution in [3.63, 3.8) is 0 Å². The molecule has 0 radical (unpaired) electrons. The van der Waals surface area contributed by atoms with Crippen molar-refractivity contribution >= 4 is 35.3 Å². The highest BCUT2D eigenvalue weighted by atomic mass is 35.5. The summed E-state index contributed by atoms with van der Waals surface area (Å²) < 4.78 is 5.67. The normalized spacial score (nSPS) is 11.0. The highest BCUT2D eigenvalue weighted by molar-refractivity contribution is 6.31. The predicted octanol–water partition coefficient (Wildman–Crippen LogP) is 5.03. The van der Waals surface area contributed by atoms with Crippen LogP contribution in [0.3, 0.4) is 0 Å². The summed E-state index contributed by atoms with van der Waals surface area (Å²) in [6.45, 7) is 1.92. The molecule has 7 heteroatoms. The zero-order chi connectivity index (χ0) is 18.7. The standard InChI is InChI=1S/C19H14Cl2N2O3/c1-11-2-3-12(8-16(11)21)18-7-5-14(26-18)10-22-23-19(25)15-9-13(20)4-6-17(15)24/h2-10,24H,1H3,(H,23,25). The topological polar surface area (TPSA) is 74.8 Å². The lowest BCUT2D eigenvalue weighted by Gasteiger charge is -2.03. The predicted molar refractivity (Wildman–Crippen MR) is 102 cm³/mol. The fourth-order valence-electron chi connectivity index (χ4n) is 2.23. The number of hydrazone groups is 1. The number of aryl methyl sites for hydroxylation is 1. The van der Waals surface area contributed by atoms with Gasteiger partial charge in [0.25, 0.3) is 5.91 Å². The molecule has 1 heterocycles. The number of nitrogens with one attached hydrogen (secondary N) is 1. The monoisotopic (exact) mass is 388 g/mol. The van der Waals surface area contributed by atoms with Crippen molar-refractivity contribution in [3.8, 4) is 17.1 Å². The Balaban J connectivity index is 1.70. The molecule has 5 nitrogen and oxygen atoms in total. The third-order valence-corrected chi connectivity index (χ3v) is 4.29. The van der Waals surface area contributed by atoms with Crippen LogP contribution < -0.4 is 5.43 Å². The van der Waals surface area contributed by atoms with Gasteiger partial charge < -0.3 is 9.52 Å². The van der Waals surface area contributed by atoms with Gasteiger partial charge in [-0.3, -0.25) is 4.79 Å². The van der Waals surface area contributed by atoms with Gasteiger partial charge in [-0.2, -0.15) is 5.10 Å². The Morgan fingerprint density at radius 1 is 1.15 bits per heavy atom. The quantitative estimate of drug-likeness (QED) is 0.485. The van der Waals surface area contributed by atoms with Crippen molar-refractivity contribution in [1.29, 1.82) is 0 Å².